The largest absolute Gasteiger partial charge is 0.377 e. The first-order chi connectivity index (χ1) is 6.84. The zero-order valence-electron chi connectivity index (χ0n) is 7.60. The van der Waals surface area contributed by atoms with Crippen LogP contribution in [0.1, 0.15) is 12.8 Å². The van der Waals surface area contributed by atoms with E-state index in [-0.39, 0.29) is 0 Å². The molecule has 76 valence electrons. The highest BCUT2D eigenvalue weighted by Gasteiger charge is 2.38. The second-order valence-corrected chi connectivity index (χ2v) is 5.37. The fraction of sp³-hybridized carbons (Fsp3) is 0.750. The Bertz CT molecular complexity index is 372. The number of rotatable bonds is 1. The molecule has 0 amide bonds. The summed E-state index contributed by atoms with van der Waals surface area (Å²) in [6.45, 7) is 1.67. The van der Waals surface area contributed by atoms with Crippen molar-refractivity contribution >= 4 is 28.7 Å². The molecule has 4 nitrogen and oxygen atoms in total. The Hall–Kier alpha value is -0.460. The summed E-state index contributed by atoms with van der Waals surface area (Å²) in [7, 11) is 0. The van der Waals surface area contributed by atoms with Crippen molar-refractivity contribution in [1.29, 1.82) is 0 Å². The number of aromatic nitrogens is 2. The van der Waals surface area contributed by atoms with Crippen LogP contribution in [0.5, 0.6) is 0 Å². The summed E-state index contributed by atoms with van der Waals surface area (Å²) in [4.78, 5) is 2.38. The summed E-state index contributed by atoms with van der Waals surface area (Å²) in [5.74, 6) is 0. The molecule has 2 atom stereocenters. The van der Waals surface area contributed by atoms with Crippen molar-refractivity contribution in [2.24, 2.45) is 0 Å². The van der Waals surface area contributed by atoms with Crippen LogP contribution in [0.4, 0.5) is 5.13 Å². The topological polar surface area (TPSA) is 41.2 Å². The van der Waals surface area contributed by atoms with Gasteiger partial charge in [0, 0.05) is 0 Å². The Balaban J connectivity index is 1.95. The molecule has 1 aromatic heterocycles. The first-order valence-corrected chi connectivity index (χ1v) is 5.98. The molecule has 3 heterocycles. The molecule has 6 heteroatoms. The van der Waals surface area contributed by atoms with Gasteiger partial charge in [-0.15, -0.1) is 5.10 Å². The van der Waals surface area contributed by atoms with E-state index < -0.39 is 0 Å². The van der Waals surface area contributed by atoms with Crippen molar-refractivity contribution in [2.45, 2.75) is 24.9 Å². The van der Waals surface area contributed by atoms with Crippen molar-refractivity contribution in [3.05, 3.63) is 3.95 Å². The number of hydrogen-bond donors (Lipinski definition) is 1. The fourth-order valence-electron chi connectivity index (χ4n) is 2.27. The molecule has 2 aliphatic heterocycles. The lowest BCUT2D eigenvalue weighted by atomic mass is 10.2. The predicted octanol–water partition coefficient (Wildman–Crippen LogP) is 1.57. The molecule has 3 rings (SSSR count). The molecule has 2 fully saturated rings. The van der Waals surface area contributed by atoms with E-state index in [9.17, 15) is 0 Å². The van der Waals surface area contributed by atoms with Crippen LogP contribution in [0.3, 0.4) is 0 Å². The van der Waals surface area contributed by atoms with E-state index in [2.05, 4.69) is 15.1 Å². The maximum atomic E-state index is 5.51. The Morgan fingerprint density at radius 1 is 1.43 bits per heavy atom. The Kier molecular flexibility index (Phi) is 2.07. The van der Waals surface area contributed by atoms with Gasteiger partial charge in [-0.1, -0.05) is 11.3 Å². The van der Waals surface area contributed by atoms with E-state index in [4.69, 9.17) is 17.0 Å². The zero-order chi connectivity index (χ0) is 9.54. The average molecular weight is 229 g/mol. The molecule has 1 aromatic rings. The highest BCUT2D eigenvalue weighted by Crippen LogP contribution is 2.34. The van der Waals surface area contributed by atoms with Crippen LogP contribution in [0.25, 0.3) is 0 Å². The molecule has 0 aliphatic carbocycles. The van der Waals surface area contributed by atoms with E-state index in [0.29, 0.717) is 12.1 Å². The van der Waals surface area contributed by atoms with Crippen LogP contribution in [0.2, 0.25) is 0 Å². The van der Waals surface area contributed by atoms with E-state index >= 15 is 0 Å². The van der Waals surface area contributed by atoms with Gasteiger partial charge in [0.05, 0.1) is 25.3 Å². The van der Waals surface area contributed by atoms with Gasteiger partial charge in [0.1, 0.15) is 0 Å². The first kappa shape index (κ1) is 8.82. The van der Waals surface area contributed by atoms with Crippen molar-refractivity contribution in [3.8, 4) is 0 Å². The van der Waals surface area contributed by atoms with Crippen molar-refractivity contribution in [1.82, 2.24) is 10.2 Å². The van der Waals surface area contributed by atoms with Crippen LogP contribution in [-0.4, -0.2) is 35.5 Å². The quantitative estimate of drug-likeness (QED) is 0.742. The van der Waals surface area contributed by atoms with Gasteiger partial charge in [0.2, 0.25) is 5.13 Å². The monoisotopic (exact) mass is 229 g/mol. The number of ether oxygens (including phenoxy) is 1. The lowest BCUT2D eigenvalue weighted by Crippen LogP contribution is -2.45. The van der Waals surface area contributed by atoms with Crippen LogP contribution in [0, 0.1) is 3.95 Å². The third-order valence-electron chi connectivity index (χ3n) is 2.89. The summed E-state index contributed by atoms with van der Waals surface area (Å²) >= 11 is 6.60. The third kappa shape index (κ3) is 1.29. The lowest BCUT2D eigenvalue weighted by molar-refractivity contribution is 0.0905. The number of anilines is 1. The van der Waals surface area contributed by atoms with Gasteiger partial charge in [-0.3, -0.25) is 5.10 Å². The summed E-state index contributed by atoms with van der Waals surface area (Å²) in [5, 5.41) is 8.11. The molecular formula is C8H11N3OS2. The summed E-state index contributed by atoms with van der Waals surface area (Å²) in [6.07, 6.45) is 2.44. The molecule has 1 N–H and O–H groups in total. The number of nitrogens with zero attached hydrogens (tertiary/aromatic N) is 2. The number of fused-ring (bicyclic) bond motifs is 2. The third-order valence-corrected chi connectivity index (χ3v) is 3.99. The number of nitrogens with one attached hydrogen (secondary N) is 1. The number of morpholine rings is 1. The lowest BCUT2D eigenvalue weighted by Gasteiger charge is -2.33. The van der Waals surface area contributed by atoms with E-state index in [1.54, 1.807) is 11.3 Å². The van der Waals surface area contributed by atoms with Gasteiger partial charge in [-0.05, 0) is 25.1 Å². The normalized spacial score (nSPS) is 31.0. The first-order valence-electron chi connectivity index (χ1n) is 4.76. The minimum Gasteiger partial charge on any atom is -0.377 e. The van der Waals surface area contributed by atoms with Crippen LogP contribution in [0.15, 0.2) is 0 Å². The number of aromatic amines is 1. The summed E-state index contributed by atoms with van der Waals surface area (Å²) < 4.78 is 6.27. The smallest absolute Gasteiger partial charge is 0.207 e. The van der Waals surface area contributed by atoms with Crippen molar-refractivity contribution < 1.29 is 4.74 Å². The number of hydrogen-bond acceptors (Lipinski definition) is 5. The van der Waals surface area contributed by atoms with E-state index in [1.165, 1.54) is 12.8 Å². The summed E-state index contributed by atoms with van der Waals surface area (Å²) in [5.41, 5.74) is 0. The summed E-state index contributed by atoms with van der Waals surface area (Å²) in [6, 6.07) is 1.03. The molecule has 0 spiro atoms. The molecule has 2 aliphatic rings. The van der Waals surface area contributed by atoms with Crippen LogP contribution >= 0.6 is 23.6 Å². The van der Waals surface area contributed by atoms with Crippen molar-refractivity contribution in [2.75, 3.05) is 18.1 Å². The molecule has 0 aromatic carbocycles. The van der Waals surface area contributed by atoms with Crippen molar-refractivity contribution in [3.63, 3.8) is 0 Å². The molecular weight excluding hydrogens is 218 g/mol. The van der Waals surface area contributed by atoms with E-state index in [1.807, 2.05) is 0 Å². The van der Waals surface area contributed by atoms with Gasteiger partial charge < -0.3 is 9.64 Å². The Morgan fingerprint density at radius 2 is 2.14 bits per heavy atom. The van der Waals surface area contributed by atoms with Gasteiger partial charge in [0.15, 0.2) is 3.95 Å². The number of H-pyrrole nitrogens is 1. The second-order valence-electron chi connectivity index (χ2n) is 3.73. The highest BCUT2D eigenvalue weighted by atomic mass is 32.1. The average Bonchev–Trinajstić information content (AvgIpc) is 2.68. The molecule has 2 saturated heterocycles. The molecule has 14 heavy (non-hydrogen) atoms. The maximum Gasteiger partial charge on any atom is 0.207 e. The maximum absolute atomic E-state index is 5.51. The van der Waals surface area contributed by atoms with Gasteiger partial charge >= 0.3 is 0 Å². The minimum absolute atomic E-state index is 0.516. The standard InChI is InChI=1S/C8H11N3OS2/c13-8-10-9-7(14-8)11-5-1-2-6(11)4-12-3-5/h5-6H,1-4H2,(H,10,13). The van der Waals surface area contributed by atoms with E-state index in [0.717, 1.165) is 22.3 Å². The van der Waals surface area contributed by atoms with Gasteiger partial charge in [0.25, 0.3) is 0 Å². The van der Waals surface area contributed by atoms with Crippen LogP contribution < -0.4 is 4.90 Å². The molecule has 0 radical (unpaired) electrons. The van der Waals surface area contributed by atoms with Crippen LogP contribution in [-0.2, 0) is 4.74 Å². The van der Waals surface area contributed by atoms with Gasteiger partial charge in [-0.25, -0.2) is 0 Å². The Labute approximate surface area is 90.9 Å². The predicted molar refractivity (Wildman–Crippen MR) is 57.4 cm³/mol. The zero-order valence-corrected chi connectivity index (χ0v) is 9.24. The SMILES string of the molecule is S=c1[nH]nc(N2C3CCC2COC3)s1. The van der Waals surface area contributed by atoms with Gasteiger partial charge in [-0.2, -0.15) is 0 Å². The molecule has 2 bridgehead atoms. The highest BCUT2D eigenvalue weighted by molar-refractivity contribution is 7.73. The minimum atomic E-state index is 0.516. The second kappa shape index (κ2) is 3.29. The molecule has 2 unspecified atom stereocenters. The Morgan fingerprint density at radius 3 is 2.71 bits per heavy atom. The molecule has 0 saturated carbocycles. The fourth-order valence-corrected chi connectivity index (χ4v) is 3.29.